The molecule has 0 saturated heterocycles. The highest BCUT2D eigenvalue weighted by Crippen LogP contribution is 2.28. The first-order valence-electron chi connectivity index (χ1n) is 8.92. The summed E-state index contributed by atoms with van der Waals surface area (Å²) in [6.07, 6.45) is 3.07. The minimum atomic E-state index is -0.330. The molecule has 0 radical (unpaired) electrons. The van der Waals surface area contributed by atoms with Crippen molar-refractivity contribution >= 4 is 23.4 Å². The normalized spacial score (nSPS) is 10.4. The van der Waals surface area contributed by atoms with Crippen LogP contribution in [-0.4, -0.2) is 42.5 Å². The van der Waals surface area contributed by atoms with E-state index in [4.69, 9.17) is 14.2 Å². The molecule has 30 heavy (non-hydrogen) atoms. The lowest BCUT2D eigenvalue weighted by atomic mass is 10.2. The number of hydrogen-bond donors (Lipinski definition) is 1. The van der Waals surface area contributed by atoms with Crippen molar-refractivity contribution in [2.45, 2.75) is 5.03 Å². The smallest absolute Gasteiger partial charge is 0.287 e. The number of nitrogens with zero attached hydrogens (tertiary/aromatic N) is 2. The summed E-state index contributed by atoms with van der Waals surface area (Å²) in [6, 6.07) is 12.2. The number of nitrogens with one attached hydrogen (secondary N) is 1. The number of ether oxygens (including phenoxy) is 3. The fraction of sp³-hybridized carbons (Fsp3) is 0.190. The Morgan fingerprint density at radius 2 is 1.87 bits per heavy atom. The van der Waals surface area contributed by atoms with Crippen molar-refractivity contribution in [2.24, 2.45) is 0 Å². The van der Waals surface area contributed by atoms with Gasteiger partial charge in [0.1, 0.15) is 5.75 Å². The fourth-order valence-corrected chi connectivity index (χ4v) is 3.40. The van der Waals surface area contributed by atoms with E-state index in [1.165, 1.54) is 17.9 Å². The van der Waals surface area contributed by atoms with Gasteiger partial charge < -0.3 is 19.5 Å². The molecule has 1 aromatic heterocycles. The van der Waals surface area contributed by atoms with Crippen LogP contribution in [0, 0.1) is 0 Å². The van der Waals surface area contributed by atoms with Crippen LogP contribution in [-0.2, 0) is 4.79 Å². The Morgan fingerprint density at radius 1 is 1.07 bits per heavy atom. The molecule has 3 rings (SSSR count). The van der Waals surface area contributed by atoms with E-state index in [1.54, 1.807) is 62.9 Å². The van der Waals surface area contributed by atoms with Crippen LogP contribution in [0.4, 0.5) is 5.69 Å². The first-order chi connectivity index (χ1) is 14.5. The van der Waals surface area contributed by atoms with Gasteiger partial charge in [-0.3, -0.25) is 14.2 Å². The molecule has 0 aliphatic heterocycles. The second-order valence-corrected chi connectivity index (χ2v) is 6.98. The summed E-state index contributed by atoms with van der Waals surface area (Å²) >= 11 is 1.07. The molecule has 0 atom stereocenters. The minimum absolute atomic E-state index is 0.0371. The van der Waals surface area contributed by atoms with Gasteiger partial charge in [-0.05, 0) is 24.3 Å². The number of aromatic nitrogens is 2. The zero-order valence-electron chi connectivity index (χ0n) is 16.7. The predicted molar refractivity (Wildman–Crippen MR) is 115 cm³/mol. The third kappa shape index (κ3) is 4.93. The van der Waals surface area contributed by atoms with Gasteiger partial charge in [-0.25, -0.2) is 4.98 Å². The highest BCUT2D eigenvalue weighted by molar-refractivity contribution is 7.99. The molecule has 0 aliphatic carbocycles. The maximum absolute atomic E-state index is 12.8. The zero-order valence-corrected chi connectivity index (χ0v) is 17.6. The first-order valence-corrected chi connectivity index (χ1v) is 9.91. The van der Waals surface area contributed by atoms with E-state index < -0.39 is 0 Å². The molecule has 0 saturated carbocycles. The maximum atomic E-state index is 12.8. The summed E-state index contributed by atoms with van der Waals surface area (Å²) in [5, 5.41) is 2.99. The maximum Gasteiger partial charge on any atom is 0.287 e. The van der Waals surface area contributed by atoms with Gasteiger partial charge in [0.25, 0.3) is 5.56 Å². The Labute approximate surface area is 177 Å². The number of amides is 1. The number of carbonyl (C=O) groups excluding carboxylic acids is 1. The van der Waals surface area contributed by atoms with E-state index in [0.29, 0.717) is 28.6 Å². The standard InChI is InChI=1S/C21H21N3O5S/c1-27-16-6-4-5-14(11-16)23-19(25)13-30-20-21(26)24(10-9-22-20)15-7-8-17(28-2)18(12-15)29-3/h4-12H,13H2,1-3H3,(H,23,25). The van der Waals surface area contributed by atoms with E-state index in [0.717, 1.165) is 11.8 Å². The second-order valence-electron chi connectivity index (χ2n) is 6.02. The summed E-state index contributed by atoms with van der Waals surface area (Å²) in [7, 11) is 4.63. The summed E-state index contributed by atoms with van der Waals surface area (Å²) < 4.78 is 17.1. The van der Waals surface area contributed by atoms with Crippen LogP contribution in [0.1, 0.15) is 0 Å². The highest BCUT2D eigenvalue weighted by Gasteiger charge is 2.12. The van der Waals surface area contributed by atoms with Gasteiger partial charge in [0, 0.05) is 30.2 Å². The van der Waals surface area contributed by atoms with Crippen LogP contribution < -0.4 is 25.1 Å². The van der Waals surface area contributed by atoms with Gasteiger partial charge in [0.2, 0.25) is 5.91 Å². The number of hydrogen-bond acceptors (Lipinski definition) is 7. The number of anilines is 1. The molecule has 0 spiro atoms. The molecular formula is C21H21N3O5S. The number of methoxy groups -OCH3 is 3. The average Bonchev–Trinajstić information content (AvgIpc) is 2.78. The zero-order chi connectivity index (χ0) is 21.5. The third-order valence-electron chi connectivity index (χ3n) is 4.15. The minimum Gasteiger partial charge on any atom is -0.497 e. The average molecular weight is 427 g/mol. The molecule has 3 aromatic rings. The number of rotatable bonds is 8. The van der Waals surface area contributed by atoms with E-state index in [2.05, 4.69) is 10.3 Å². The van der Waals surface area contributed by atoms with Gasteiger partial charge in [-0.2, -0.15) is 0 Å². The molecule has 0 unspecified atom stereocenters. The molecule has 1 amide bonds. The lowest BCUT2D eigenvalue weighted by Gasteiger charge is -2.11. The third-order valence-corrected chi connectivity index (χ3v) is 5.11. The largest absolute Gasteiger partial charge is 0.497 e. The Hall–Kier alpha value is -3.46. The Kier molecular flexibility index (Phi) is 6.97. The van der Waals surface area contributed by atoms with Crippen LogP contribution in [0.3, 0.4) is 0 Å². The van der Waals surface area contributed by atoms with Gasteiger partial charge in [0.15, 0.2) is 16.5 Å². The topological polar surface area (TPSA) is 91.7 Å². The first kappa shape index (κ1) is 21.3. The van der Waals surface area contributed by atoms with E-state index >= 15 is 0 Å². The summed E-state index contributed by atoms with van der Waals surface area (Å²) in [5.74, 6) is 1.49. The SMILES string of the molecule is COc1cccc(NC(=O)CSc2nccn(-c3ccc(OC)c(OC)c3)c2=O)c1. The Morgan fingerprint density at radius 3 is 2.60 bits per heavy atom. The van der Waals surface area contributed by atoms with Crippen LogP contribution in [0.15, 0.2) is 64.7 Å². The van der Waals surface area contributed by atoms with Gasteiger partial charge in [-0.15, -0.1) is 0 Å². The van der Waals surface area contributed by atoms with E-state index in [-0.39, 0.29) is 22.2 Å². The van der Waals surface area contributed by atoms with Crippen molar-refractivity contribution in [3.8, 4) is 22.9 Å². The summed E-state index contributed by atoms with van der Waals surface area (Å²) in [5.41, 5.74) is 0.885. The van der Waals surface area contributed by atoms with E-state index in [9.17, 15) is 9.59 Å². The molecule has 8 nitrogen and oxygen atoms in total. The van der Waals surface area contributed by atoms with E-state index in [1.807, 2.05) is 0 Å². The number of carbonyl (C=O) groups is 1. The van der Waals surface area contributed by atoms with Crippen LogP contribution in [0.2, 0.25) is 0 Å². The second kappa shape index (κ2) is 9.84. The summed E-state index contributed by atoms with van der Waals surface area (Å²) in [4.78, 5) is 29.2. The highest BCUT2D eigenvalue weighted by atomic mass is 32.2. The van der Waals surface area contributed by atoms with Crippen molar-refractivity contribution in [1.82, 2.24) is 9.55 Å². The molecule has 0 fully saturated rings. The monoisotopic (exact) mass is 427 g/mol. The number of benzene rings is 2. The van der Waals surface area contributed by atoms with Crippen LogP contribution >= 0.6 is 11.8 Å². The predicted octanol–water partition coefficient (Wildman–Crippen LogP) is 2.99. The quantitative estimate of drug-likeness (QED) is 0.553. The van der Waals surface area contributed by atoms with Crippen LogP contribution in [0.25, 0.3) is 5.69 Å². The molecule has 0 bridgehead atoms. The lowest BCUT2D eigenvalue weighted by molar-refractivity contribution is -0.113. The lowest BCUT2D eigenvalue weighted by Crippen LogP contribution is -2.22. The Bertz CT molecular complexity index is 1100. The van der Waals surface area contributed by atoms with Crippen molar-refractivity contribution < 1.29 is 19.0 Å². The Balaban J connectivity index is 1.74. The molecule has 1 heterocycles. The van der Waals surface area contributed by atoms with Crippen molar-refractivity contribution in [2.75, 3.05) is 32.4 Å². The van der Waals surface area contributed by atoms with Crippen molar-refractivity contribution in [3.05, 3.63) is 65.2 Å². The molecule has 1 N–H and O–H groups in total. The van der Waals surface area contributed by atoms with Gasteiger partial charge in [-0.1, -0.05) is 17.8 Å². The molecule has 0 aliphatic rings. The molecule has 9 heteroatoms. The molecule has 156 valence electrons. The van der Waals surface area contributed by atoms with Crippen molar-refractivity contribution in [1.29, 1.82) is 0 Å². The summed E-state index contributed by atoms with van der Waals surface area (Å²) in [6.45, 7) is 0. The van der Waals surface area contributed by atoms with Crippen molar-refractivity contribution in [3.63, 3.8) is 0 Å². The van der Waals surface area contributed by atoms with Gasteiger partial charge in [0.05, 0.1) is 32.8 Å². The number of thioether (sulfide) groups is 1. The van der Waals surface area contributed by atoms with Crippen LogP contribution in [0.5, 0.6) is 17.2 Å². The molecule has 2 aromatic carbocycles. The fourth-order valence-electron chi connectivity index (χ4n) is 2.70. The van der Waals surface area contributed by atoms with Gasteiger partial charge >= 0.3 is 0 Å². The molecular weight excluding hydrogens is 406 g/mol.